The molecule has 65 heavy (non-hydrogen) atoms. The minimum absolute atomic E-state index is 0.685. The van der Waals surface area contributed by atoms with Crippen LogP contribution in [0.2, 0.25) is 0 Å². The first-order valence-corrected chi connectivity index (χ1v) is 23.1. The van der Waals surface area contributed by atoms with Gasteiger partial charge in [0, 0.05) is 64.1 Å². The minimum Gasteiger partial charge on any atom is -0.455 e. The van der Waals surface area contributed by atoms with Crippen LogP contribution in [-0.4, -0.2) is 16.1 Å². The van der Waals surface area contributed by atoms with Gasteiger partial charge in [-0.25, -0.2) is 9.98 Å². The molecule has 1 aliphatic rings. The average Bonchev–Trinajstić information content (AvgIpc) is 4.03. The summed E-state index contributed by atoms with van der Waals surface area (Å²) in [5.41, 5.74) is 10.0. The predicted octanol–water partition coefficient (Wildman–Crippen LogP) is 16.6. The van der Waals surface area contributed by atoms with E-state index in [0.29, 0.717) is 5.84 Å². The Morgan fingerprint density at radius 3 is 2.02 bits per heavy atom. The largest absolute Gasteiger partial charge is 0.455 e. The zero-order valence-electron chi connectivity index (χ0n) is 35.1. The number of hydrogen-bond acceptors (Lipinski definition) is 4. The van der Waals surface area contributed by atoms with Gasteiger partial charge in [-0.2, -0.15) is 0 Å². The van der Waals surface area contributed by atoms with E-state index in [0.717, 1.165) is 84.8 Å². The summed E-state index contributed by atoms with van der Waals surface area (Å²) in [6.45, 7) is 0. The normalized spacial score (nSPS) is 13.7. The lowest BCUT2D eigenvalue weighted by Crippen LogP contribution is -2.10. The predicted molar refractivity (Wildman–Crippen MR) is 277 cm³/mol. The maximum atomic E-state index is 6.90. The molecule has 0 bridgehead atoms. The monoisotopic (exact) mass is 847 g/mol. The second-order valence-electron chi connectivity index (χ2n) is 17.1. The molecule has 5 heteroatoms. The molecule has 13 aromatic rings. The second-order valence-corrected chi connectivity index (χ2v) is 18.2. The summed E-state index contributed by atoms with van der Waals surface area (Å²) in [4.78, 5) is 11.4. The Hall–Kier alpha value is -8.12. The van der Waals surface area contributed by atoms with Crippen LogP contribution in [0.1, 0.15) is 29.5 Å². The lowest BCUT2D eigenvalue weighted by atomic mass is 9.99. The molecular formula is C60H37N3OS. The number of hydrogen-bond donors (Lipinski definition) is 0. The second kappa shape index (κ2) is 14.2. The fraction of sp³-hybridized carbons (Fsp3) is 0.0333. The molecule has 4 heterocycles. The van der Waals surface area contributed by atoms with Gasteiger partial charge in [-0.1, -0.05) is 158 Å². The molecule has 4 nitrogen and oxygen atoms in total. The first-order valence-electron chi connectivity index (χ1n) is 22.3. The van der Waals surface area contributed by atoms with E-state index in [4.69, 9.17) is 14.4 Å². The Balaban J connectivity index is 1.05. The number of rotatable bonds is 4. The van der Waals surface area contributed by atoms with Gasteiger partial charge < -0.3 is 8.98 Å². The van der Waals surface area contributed by atoms with E-state index in [2.05, 4.69) is 199 Å². The first kappa shape index (κ1) is 36.4. The van der Waals surface area contributed by atoms with Crippen molar-refractivity contribution in [2.24, 2.45) is 9.98 Å². The van der Waals surface area contributed by atoms with Crippen LogP contribution in [0.4, 0.5) is 0 Å². The number of para-hydroxylation sites is 1. The van der Waals surface area contributed by atoms with E-state index in [1.807, 2.05) is 17.4 Å². The van der Waals surface area contributed by atoms with Crippen LogP contribution in [0, 0.1) is 0 Å². The van der Waals surface area contributed by atoms with Crippen LogP contribution < -0.4 is 0 Å². The number of aromatic nitrogens is 1. The van der Waals surface area contributed by atoms with Gasteiger partial charge in [-0.15, -0.1) is 11.3 Å². The standard InChI is InChI=1S/C60H37N3OS/c1-2-17-39-33-54-50(32-38(39)16-1)57-42-20-6-4-15-37(42)30-31-53(57)63(54)40-34-48-43-21-7-9-28-55(43)64-58(48)49(35-40)52-27-13-26-51(47-25-12-23-45-44-22-8-10-29-56(44)65-59(45)47)61-60(62-52)46-24-11-18-36-14-3-5-19-41(36)46/h1-12,14-25,27-35H,13,26H2. The molecule has 0 radical (unpaired) electrons. The van der Waals surface area contributed by atoms with Crippen LogP contribution in [0.3, 0.4) is 0 Å². The van der Waals surface area contributed by atoms with Crippen molar-refractivity contribution in [1.29, 1.82) is 0 Å². The molecule has 0 spiro atoms. The molecule has 0 saturated heterocycles. The maximum Gasteiger partial charge on any atom is 0.160 e. The van der Waals surface area contributed by atoms with Crippen molar-refractivity contribution in [1.82, 2.24) is 4.57 Å². The van der Waals surface area contributed by atoms with Crippen molar-refractivity contribution >= 4 is 125 Å². The topological polar surface area (TPSA) is 42.8 Å². The summed E-state index contributed by atoms with van der Waals surface area (Å²) in [5, 5.41) is 14.3. The van der Waals surface area contributed by atoms with E-state index in [1.165, 1.54) is 58.1 Å². The number of thiophene rings is 1. The summed E-state index contributed by atoms with van der Waals surface area (Å²) in [6, 6.07) is 70.1. The Morgan fingerprint density at radius 2 is 1.14 bits per heavy atom. The summed E-state index contributed by atoms with van der Waals surface area (Å²) in [7, 11) is 0. The number of benzene rings is 10. The summed E-state index contributed by atoms with van der Waals surface area (Å²) < 4.78 is 11.9. The van der Waals surface area contributed by atoms with E-state index in [9.17, 15) is 0 Å². The summed E-state index contributed by atoms with van der Waals surface area (Å²) in [6.07, 6.45) is 3.81. The molecule has 14 rings (SSSR count). The molecule has 0 unspecified atom stereocenters. The van der Waals surface area contributed by atoms with Gasteiger partial charge in [0.25, 0.3) is 0 Å². The van der Waals surface area contributed by atoms with E-state index < -0.39 is 0 Å². The number of nitrogens with zero attached hydrogens (tertiary/aromatic N) is 3. The Bertz CT molecular complexity index is 4250. The molecule has 0 atom stereocenters. The van der Waals surface area contributed by atoms with E-state index in [1.54, 1.807) is 0 Å². The van der Waals surface area contributed by atoms with Crippen molar-refractivity contribution in [2.75, 3.05) is 0 Å². The van der Waals surface area contributed by atoms with Crippen molar-refractivity contribution in [3.05, 3.63) is 217 Å². The van der Waals surface area contributed by atoms with Gasteiger partial charge in [0.1, 0.15) is 11.2 Å². The number of aliphatic imine (C=N–C) groups is 2. The number of furan rings is 1. The third-order valence-electron chi connectivity index (χ3n) is 13.5. The Labute approximate surface area is 377 Å². The third kappa shape index (κ3) is 5.62. The van der Waals surface area contributed by atoms with Gasteiger partial charge >= 0.3 is 0 Å². The number of allylic oxidation sites excluding steroid dienone is 1. The fourth-order valence-corrected chi connectivity index (χ4v) is 11.7. The zero-order chi connectivity index (χ0) is 42.6. The van der Waals surface area contributed by atoms with Gasteiger partial charge in [-0.3, -0.25) is 0 Å². The minimum atomic E-state index is 0.685. The van der Waals surface area contributed by atoms with E-state index >= 15 is 0 Å². The van der Waals surface area contributed by atoms with E-state index in [-0.39, 0.29) is 0 Å². The SMILES string of the molecule is C1=C(c2cc(-n3c4cc5ccccc5cc4c4c5ccccc5ccc43)cc3c2oc2ccccc23)N=C(c2cccc3ccccc23)N=C(c2cccc3c2sc2ccccc23)CC1. The van der Waals surface area contributed by atoms with Crippen molar-refractivity contribution in [3.63, 3.8) is 0 Å². The molecule has 0 saturated carbocycles. The highest BCUT2D eigenvalue weighted by molar-refractivity contribution is 7.26. The third-order valence-corrected chi connectivity index (χ3v) is 14.7. The average molecular weight is 848 g/mol. The van der Waals surface area contributed by atoms with Gasteiger partial charge in [0.05, 0.1) is 22.4 Å². The Kier molecular flexibility index (Phi) is 7.94. The Morgan fingerprint density at radius 1 is 0.462 bits per heavy atom. The van der Waals surface area contributed by atoms with Gasteiger partial charge in [0.15, 0.2) is 5.84 Å². The maximum absolute atomic E-state index is 6.90. The quantitative estimate of drug-likeness (QED) is 0.174. The molecule has 3 aromatic heterocycles. The number of fused-ring (bicyclic) bond motifs is 13. The van der Waals surface area contributed by atoms with Crippen LogP contribution in [0.25, 0.3) is 108 Å². The van der Waals surface area contributed by atoms with Crippen LogP contribution in [-0.2, 0) is 0 Å². The van der Waals surface area contributed by atoms with Gasteiger partial charge in [0.2, 0.25) is 0 Å². The summed E-state index contributed by atoms with van der Waals surface area (Å²) in [5.74, 6) is 0.685. The van der Waals surface area contributed by atoms with Gasteiger partial charge in [-0.05, 0) is 87.6 Å². The van der Waals surface area contributed by atoms with Crippen LogP contribution >= 0.6 is 11.3 Å². The van der Waals surface area contributed by atoms with Crippen molar-refractivity contribution in [3.8, 4) is 5.69 Å². The fourth-order valence-electron chi connectivity index (χ4n) is 10.5. The first-order chi connectivity index (χ1) is 32.2. The van der Waals surface area contributed by atoms with Crippen LogP contribution in [0.5, 0.6) is 0 Å². The van der Waals surface area contributed by atoms with Crippen LogP contribution in [0.15, 0.2) is 215 Å². The van der Waals surface area contributed by atoms with Crippen molar-refractivity contribution < 1.29 is 4.42 Å². The van der Waals surface area contributed by atoms with Crippen molar-refractivity contribution in [2.45, 2.75) is 12.8 Å². The molecular weight excluding hydrogens is 811 g/mol. The highest BCUT2D eigenvalue weighted by Crippen LogP contribution is 2.43. The molecule has 1 aliphatic heterocycles. The lowest BCUT2D eigenvalue weighted by molar-refractivity contribution is 0.667. The molecule has 0 N–H and O–H groups in total. The highest BCUT2D eigenvalue weighted by atomic mass is 32.1. The molecule has 10 aromatic carbocycles. The molecule has 0 amide bonds. The molecule has 304 valence electrons. The smallest absolute Gasteiger partial charge is 0.160 e. The molecule has 0 fully saturated rings. The lowest BCUT2D eigenvalue weighted by Gasteiger charge is -2.16. The molecule has 0 aliphatic carbocycles. The summed E-state index contributed by atoms with van der Waals surface area (Å²) >= 11 is 1.85. The zero-order valence-corrected chi connectivity index (χ0v) is 35.9. The highest BCUT2D eigenvalue weighted by Gasteiger charge is 2.23. The number of amidine groups is 1.